The van der Waals surface area contributed by atoms with Crippen molar-refractivity contribution in [3.8, 4) is 0 Å². The largest absolute Gasteiger partial charge is 0.300 e. The van der Waals surface area contributed by atoms with E-state index in [0.717, 1.165) is 23.3 Å². The number of Topliss-reactive ketones (excluding diaryl/α,β-unsaturated/α-hetero) is 1. The highest BCUT2D eigenvalue weighted by molar-refractivity contribution is 8.14. The van der Waals surface area contributed by atoms with E-state index in [1.165, 1.54) is 51.0 Å². The number of carbonyl (C=O) groups is 2. The second-order valence-electron chi connectivity index (χ2n) is 5.96. The highest BCUT2D eigenvalue weighted by Gasteiger charge is 2.42. The molecule has 5 heteroatoms. The SMILES string of the molecule is CC(C)=O.CSCCSCCSC(=O)C1CC2CCC1C2. The molecule has 0 heterocycles. The van der Waals surface area contributed by atoms with Crippen molar-refractivity contribution in [1.29, 1.82) is 0 Å². The maximum atomic E-state index is 12.1. The Bertz CT molecular complexity index is 329. The van der Waals surface area contributed by atoms with E-state index < -0.39 is 0 Å². The predicted molar refractivity (Wildman–Crippen MR) is 98.5 cm³/mol. The predicted octanol–water partition coefficient (Wildman–Crippen LogP) is 4.37. The molecule has 0 aromatic heterocycles. The summed E-state index contributed by atoms with van der Waals surface area (Å²) in [4.78, 5) is 21.5. The van der Waals surface area contributed by atoms with Crippen LogP contribution in [0.5, 0.6) is 0 Å². The maximum absolute atomic E-state index is 12.1. The van der Waals surface area contributed by atoms with Gasteiger partial charge in [0.1, 0.15) is 5.78 Å². The van der Waals surface area contributed by atoms with Crippen LogP contribution in [0, 0.1) is 17.8 Å². The molecular weight excluding hydrogens is 320 g/mol. The molecule has 2 saturated carbocycles. The second kappa shape index (κ2) is 11.0. The van der Waals surface area contributed by atoms with Crippen LogP contribution >= 0.6 is 35.3 Å². The lowest BCUT2D eigenvalue weighted by Gasteiger charge is -2.19. The molecule has 3 atom stereocenters. The van der Waals surface area contributed by atoms with Crippen molar-refractivity contribution in [3.05, 3.63) is 0 Å². The quantitative estimate of drug-likeness (QED) is 0.638. The number of fused-ring (bicyclic) bond motifs is 2. The lowest BCUT2D eigenvalue weighted by atomic mass is 9.90. The summed E-state index contributed by atoms with van der Waals surface area (Å²) in [7, 11) is 0. The van der Waals surface area contributed by atoms with Crippen LogP contribution in [0.25, 0.3) is 0 Å². The first-order chi connectivity index (χ1) is 10.0. The van der Waals surface area contributed by atoms with Gasteiger partial charge < -0.3 is 4.79 Å². The van der Waals surface area contributed by atoms with Gasteiger partial charge in [0.05, 0.1) is 0 Å². The Morgan fingerprint density at radius 2 is 1.67 bits per heavy atom. The number of carbonyl (C=O) groups excluding carboxylic acids is 2. The normalized spacial score (nSPS) is 26.3. The topological polar surface area (TPSA) is 34.1 Å². The lowest BCUT2D eigenvalue weighted by Crippen LogP contribution is -2.18. The van der Waals surface area contributed by atoms with Crippen LogP contribution in [0.3, 0.4) is 0 Å². The minimum atomic E-state index is 0.167. The van der Waals surface area contributed by atoms with Gasteiger partial charge in [0.2, 0.25) is 0 Å². The Kier molecular flexibility index (Phi) is 10.2. The fourth-order valence-electron chi connectivity index (χ4n) is 3.09. The van der Waals surface area contributed by atoms with Crippen molar-refractivity contribution in [2.45, 2.75) is 39.5 Å². The van der Waals surface area contributed by atoms with Gasteiger partial charge in [0.15, 0.2) is 5.12 Å². The van der Waals surface area contributed by atoms with Crippen LogP contribution in [0.2, 0.25) is 0 Å². The van der Waals surface area contributed by atoms with E-state index in [4.69, 9.17) is 0 Å². The molecule has 0 aromatic carbocycles. The summed E-state index contributed by atoms with van der Waals surface area (Å²) in [5.41, 5.74) is 0. The van der Waals surface area contributed by atoms with E-state index in [2.05, 4.69) is 6.26 Å². The molecule has 0 amide bonds. The fourth-order valence-corrected chi connectivity index (χ4v) is 5.94. The van der Waals surface area contributed by atoms with Gasteiger partial charge in [-0.2, -0.15) is 23.5 Å². The summed E-state index contributed by atoms with van der Waals surface area (Å²) < 4.78 is 0. The van der Waals surface area contributed by atoms with Crippen molar-refractivity contribution in [1.82, 2.24) is 0 Å². The molecule has 0 spiro atoms. The maximum Gasteiger partial charge on any atom is 0.192 e. The van der Waals surface area contributed by atoms with Crippen LogP contribution in [0.4, 0.5) is 0 Å². The Labute approximate surface area is 142 Å². The molecule has 0 saturated heterocycles. The molecule has 2 rings (SSSR count). The summed E-state index contributed by atoms with van der Waals surface area (Å²) in [6.07, 6.45) is 7.41. The van der Waals surface area contributed by atoms with Crippen LogP contribution < -0.4 is 0 Å². The van der Waals surface area contributed by atoms with Crippen molar-refractivity contribution in [2.75, 3.05) is 29.3 Å². The summed E-state index contributed by atoms with van der Waals surface area (Å²) >= 11 is 5.49. The highest BCUT2D eigenvalue weighted by Crippen LogP contribution is 2.49. The molecule has 2 aliphatic rings. The minimum absolute atomic E-state index is 0.167. The van der Waals surface area contributed by atoms with E-state index in [9.17, 15) is 9.59 Å². The molecule has 122 valence electrons. The first kappa shape index (κ1) is 19.4. The van der Waals surface area contributed by atoms with Gasteiger partial charge in [-0.05, 0) is 51.2 Å². The van der Waals surface area contributed by atoms with Gasteiger partial charge in [-0.1, -0.05) is 18.2 Å². The zero-order chi connectivity index (χ0) is 15.7. The summed E-state index contributed by atoms with van der Waals surface area (Å²) in [6, 6.07) is 0. The summed E-state index contributed by atoms with van der Waals surface area (Å²) in [6.45, 7) is 3.06. The standard InChI is InChI=1S/C13H22OS3.C3H6O/c1-15-4-5-16-6-7-17-13(14)12-9-10-2-3-11(12)8-10;1-3(2)4/h10-12H,2-9H2,1H3;1-2H3. The van der Waals surface area contributed by atoms with Gasteiger partial charge in [0.25, 0.3) is 0 Å². The zero-order valence-electron chi connectivity index (χ0n) is 13.4. The Balaban J connectivity index is 0.000000491. The van der Waals surface area contributed by atoms with Crippen LogP contribution in [-0.2, 0) is 9.59 Å². The Morgan fingerprint density at radius 1 is 1.00 bits per heavy atom. The number of hydrogen-bond donors (Lipinski definition) is 0. The first-order valence-electron chi connectivity index (χ1n) is 7.75. The molecule has 2 fully saturated rings. The molecule has 2 bridgehead atoms. The molecular formula is C16H28O2S3. The van der Waals surface area contributed by atoms with Gasteiger partial charge in [-0.15, -0.1) is 0 Å². The third-order valence-corrected chi connectivity index (χ3v) is 7.05. The third-order valence-electron chi connectivity index (χ3n) is 3.94. The fraction of sp³-hybridized carbons (Fsp3) is 0.875. The second-order valence-corrected chi connectivity index (χ2v) is 9.27. The van der Waals surface area contributed by atoms with Gasteiger partial charge in [-0.3, -0.25) is 4.79 Å². The molecule has 3 unspecified atom stereocenters. The Hall–Kier alpha value is 0.390. The Morgan fingerprint density at radius 3 is 2.19 bits per heavy atom. The van der Waals surface area contributed by atoms with Crippen molar-refractivity contribution < 1.29 is 9.59 Å². The van der Waals surface area contributed by atoms with Gasteiger partial charge in [0, 0.05) is 28.9 Å². The van der Waals surface area contributed by atoms with E-state index in [1.54, 1.807) is 11.8 Å². The molecule has 0 N–H and O–H groups in total. The third kappa shape index (κ3) is 7.98. The molecule has 0 radical (unpaired) electrons. The minimum Gasteiger partial charge on any atom is -0.300 e. The lowest BCUT2D eigenvalue weighted by molar-refractivity contribution is -0.116. The average Bonchev–Trinajstić information content (AvgIpc) is 3.04. The molecule has 2 aliphatic carbocycles. The first-order valence-corrected chi connectivity index (χ1v) is 11.3. The monoisotopic (exact) mass is 348 g/mol. The summed E-state index contributed by atoms with van der Waals surface area (Å²) in [5.74, 6) is 6.85. The number of hydrogen-bond acceptors (Lipinski definition) is 5. The van der Waals surface area contributed by atoms with E-state index in [0.29, 0.717) is 11.0 Å². The van der Waals surface area contributed by atoms with Crippen LogP contribution in [0.1, 0.15) is 39.5 Å². The van der Waals surface area contributed by atoms with Crippen molar-refractivity contribution in [3.63, 3.8) is 0 Å². The van der Waals surface area contributed by atoms with Crippen LogP contribution in [0.15, 0.2) is 0 Å². The van der Waals surface area contributed by atoms with E-state index >= 15 is 0 Å². The highest BCUT2D eigenvalue weighted by atomic mass is 32.2. The molecule has 2 nitrogen and oxygen atoms in total. The molecule has 21 heavy (non-hydrogen) atoms. The van der Waals surface area contributed by atoms with Crippen molar-refractivity contribution >= 4 is 46.2 Å². The van der Waals surface area contributed by atoms with Gasteiger partial charge >= 0.3 is 0 Å². The zero-order valence-corrected chi connectivity index (χ0v) is 15.9. The van der Waals surface area contributed by atoms with Gasteiger partial charge in [-0.25, -0.2) is 0 Å². The smallest absolute Gasteiger partial charge is 0.192 e. The number of ketones is 1. The number of rotatable bonds is 7. The van der Waals surface area contributed by atoms with Crippen LogP contribution in [-0.4, -0.2) is 40.2 Å². The van der Waals surface area contributed by atoms with Crippen molar-refractivity contribution in [2.24, 2.45) is 17.8 Å². The molecule has 0 aromatic rings. The van der Waals surface area contributed by atoms with E-state index in [1.807, 2.05) is 23.5 Å². The number of thioether (sulfide) groups is 3. The summed E-state index contributed by atoms with van der Waals surface area (Å²) in [5, 5.41) is 0.502. The van der Waals surface area contributed by atoms with E-state index in [-0.39, 0.29) is 5.78 Å². The average molecular weight is 349 g/mol. The molecule has 0 aliphatic heterocycles.